The molecule has 3 heterocycles. The maximum Gasteiger partial charge on any atom is 0.434 e. The molecule has 1 saturated heterocycles. The number of carbonyl (C=O) groups is 1. The topological polar surface area (TPSA) is 93.4 Å². The van der Waals surface area contributed by atoms with Crippen molar-refractivity contribution in [1.82, 2.24) is 20.1 Å². The van der Waals surface area contributed by atoms with E-state index in [0.29, 0.717) is 5.41 Å². The number of methoxy groups -OCH3 is 1. The van der Waals surface area contributed by atoms with Gasteiger partial charge in [0, 0.05) is 13.1 Å². The number of piperidine rings is 1. The molecule has 1 amide bonds. The Morgan fingerprint density at radius 2 is 2.00 bits per heavy atom. The van der Waals surface area contributed by atoms with Gasteiger partial charge >= 0.3 is 12.2 Å². The van der Waals surface area contributed by atoms with Crippen LogP contribution in [0.2, 0.25) is 5.02 Å². The predicted molar refractivity (Wildman–Crippen MR) is 100 cm³/mol. The molecule has 12 heteroatoms. The van der Waals surface area contributed by atoms with Crippen LogP contribution in [0.15, 0.2) is 10.5 Å². The molecule has 0 aromatic carbocycles. The Labute approximate surface area is 174 Å². The Morgan fingerprint density at radius 1 is 1.30 bits per heavy atom. The smallest absolute Gasteiger partial charge is 0.434 e. The summed E-state index contributed by atoms with van der Waals surface area (Å²) >= 11 is 5.72. The van der Waals surface area contributed by atoms with E-state index in [1.807, 2.05) is 0 Å². The molecule has 1 saturated carbocycles. The van der Waals surface area contributed by atoms with Crippen LogP contribution in [0.4, 0.5) is 19.2 Å². The number of likely N-dealkylation sites (tertiary alicyclic amines) is 1. The summed E-state index contributed by atoms with van der Waals surface area (Å²) in [6.07, 6.45) is -0.164. The van der Waals surface area contributed by atoms with E-state index in [0.717, 1.165) is 32.0 Å². The highest BCUT2D eigenvalue weighted by atomic mass is 35.5. The van der Waals surface area contributed by atoms with E-state index in [1.165, 1.54) is 20.0 Å². The average molecular weight is 446 g/mol. The molecule has 0 atom stereocenters. The van der Waals surface area contributed by atoms with Crippen molar-refractivity contribution in [1.29, 1.82) is 0 Å². The third kappa shape index (κ3) is 4.16. The molecule has 1 spiro atoms. The van der Waals surface area contributed by atoms with Crippen molar-refractivity contribution in [2.45, 2.75) is 31.9 Å². The number of carbonyl (C=O) groups excluding carboxylic acids is 1. The van der Waals surface area contributed by atoms with Crippen LogP contribution >= 0.6 is 11.6 Å². The number of pyridine rings is 1. The SMILES string of the molecule is COc1nc(C(F)(F)F)c(Cl)cc1-c1nnc(NCC(=O)N2CCC3(CC2)CC3)o1. The second kappa shape index (κ2) is 7.60. The number of ether oxygens (including phenoxy) is 1. The fourth-order valence-corrected chi connectivity index (χ4v) is 3.81. The zero-order valence-electron chi connectivity index (χ0n) is 16.1. The van der Waals surface area contributed by atoms with Gasteiger partial charge in [-0.2, -0.15) is 13.2 Å². The molecule has 0 bridgehead atoms. The summed E-state index contributed by atoms with van der Waals surface area (Å²) in [5, 5.41) is 9.68. The van der Waals surface area contributed by atoms with Crippen molar-refractivity contribution in [2.24, 2.45) is 5.41 Å². The van der Waals surface area contributed by atoms with Gasteiger partial charge in [-0.05, 0) is 37.2 Å². The molecule has 1 aliphatic heterocycles. The fraction of sp³-hybridized carbons (Fsp3) is 0.556. The van der Waals surface area contributed by atoms with Gasteiger partial charge in [0.15, 0.2) is 5.69 Å². The number of nitrogens with zero attached hydrogens (tertiary/aromatic N) is 4. The zero-order chi connectivity index (χ0) is 21.5. The summed E-state index contributed by atoms with van der Waals surface area (Å²) in [6.45, 7) is 1.45. The Kier molecular flexibility index (Phi) is 5.25. The lowest BCUT2D eigenvalue weighted by Crippen LogP contribution is -2.41. The molecule has 30 heavy (non-hydrogen) atoms. The van der Waals surface area contributed by atoms with E-state index < -0.39 is 16.9 Å². The van der Waals surface area contributed by atoms with E-state index in [4.69, 9.17) is 20.8 Å². The second-order valence-corrected chi connectivity index (χ2v) is 7.93. The summed E-state index contributed by atoms with van der Waals surface area (Å²) < 4.78 is 49.3. The molecule has 162 valence electrons. The summed E-state index contributed by atoms with van der Waals surface area (Å²) in [7, 11) is 1.17. The van der Waals surface area contributed by atoms with Crippen LogP contribution in [0.3, 0.4) is 0 Å². The lowest BCUT2D eigenvalue weighted by atomic mass is 9.94. The minimum absolute atomic E-state index is 0.00754. The Hall–Kier alpha value is -2.56. The third-order valence-electron chi connectivity index (χ3n) is 5.58. The van der Waals surface area contributed by atoms with Crippen LogP contribution in [-0.2, 0) is 11.0 Å². The molecule has 8 nitrogen and oxygen atoms in total. The maximum atomic E-state index is 13.0. The largest absolute Gasteiger partial charge is 0.480 e. The van der Waals surface area contributed by atoms with Crippen molar-refractivity contribution >= 4 is 23.5 Å². The molecule has 4 rings (SSSR count). The van der Waals surface area contributed by atoms with E-state index >= 15 is 0 Å². The molecule has 2 aliphatic rings. The Bertz CT molecular complexity index is 951. The standard InChI is InChI=1S/C18H19ClF3N5O3/c1-29-14-10(8-11(19)13(24-14)18(20,21)22)15-25-26-16(30-15)23-9-12(28)27-6-4-17(2-3-17)5-7-27/h8H,2-7,9H2,1H3,(H,23,26). The van der Waals surface area contributed by atoms with Crippen LogP contribution in [0.25, 0.3) is 11.5 Å². The summed E-state index contributed by atoms with van der Waals surface area (Å²) in [5.41, 5.74) is -0.794. The average Bonchev–Trinajstić information content (AvgIpc) is 3.28. The quantitative estimate of drug-likeness (QED) is 0.751. The van der Waals surface area contributed by atoms with Crippen LogP contribution in [0.5, 0.6) is 5.88 Å². The molecule has 2 aromatic rings. The van der Waals surface area contributed by atoms with Gasteiger partial charge in [-0.1, -0.05) is 16.7 Å². The normalized spacial score (nSPS) is 17.8. The van der Waals surface area contributed by atoms with Gasteiger partial charge in [-0.15, -0.1) is 5.10 Å². The first-order valence-electron chi connectivity index (χ1n) is 9.38. The molecule has 1 aliphatic carbocycles. The Morgan fingerprint density at radius 3 is 2.60 bits per heavy atom. The minimum Gasteiger partial charge on any atom is -0.480 e. The van der Waals surface area contributed by atoms with Crippen molar-refractivity contribution in [3.05, 3.63) is 16.8 Å². The summed E-state index contributed by atoms with van der Waals surface area (Å²) in [4.78, 5) is 17.6. The number of hydrogen-bond acceptors (Lipinski definition) is 7. The lowest BCUT2D eigenvalue weighted by Gasteiger charge is -2.32. The van der Waals surface area contributed by atoms with Crippen molar-refractivity contribution in [2.75, 3.05) is 32.1 Å². The van der Waals surface area contributed by atoms with Crippen molar-refractivity contribution in [3.63, 3.8) is 0 Å². The fourth-order valence-electron chi connectivity index (χ4n) is 3.55. The van der Waals surface area contributed by atoms with Gasteiger partial charge in [0.05, 0.1) is 18.7 Å². The highest BCUT2D eigenvalue weighted by molar-refractivity contribution is 6.31. The van der Waals surface area contributed by atoms with Gasteiger partial charge in [0.2, 0.25) is 11.8 Å². The molecule has 2 fully saturated rings. The number of anilines is 1. The number of rotatable bonds is 5. The third-order valence-corrected chi connectivity index (χ3v) is 5.87. The highest BCUT2D eigenvalue weighted by Crippen LogP contribution is 2.53. The molecular formula is C18H19ClF3N5O3. The van der Waals surface area contributed by atoms with Crippen LogP contribution in [0, 0.1) is 5.41 Å². The number of alkyl halides is 3. The van der Waals surface area contributed by atoms with Gasteiger partial charge < -0.3 is 19.4 Å². The molecule has 2 aromatic heterocycles. The number of halogens is 4. The zero-order valence-corrected chi connectivity index (χ0v) is 16.8. The molecule has 1 N–H and O–H groups in total. The number of amides is 1. The van der Waals surface area contributed by atoms with Gasteiger partial charge in [0.25, 0.3) is 5.89 Å². The minimum atomic E-state index is -4.74. The molecule has 0 unspecified atom stereocenters. The monoisotopic (exact) mass is 445 g/mol. The second-order valence-electron chi connectivity index (χ2n) is 7.52. The Balaban J connectivity index is 1.42. The number of hydrogen-bond donors (Lipinski definition) is 1. The van der Waals surface area contributed by atoms with Gasteiger partial charge in [0.1, 0.15) is 5.56 Å². The van der Waals surface area contributed by atoms with Crippen molar-refractivity contribution < 1.29 is 27.1 Å². The van der Waals surface area contributed by atoms with E-state index in [1.54, 1.807) is 4.90 Å². The van der Waals surface area contributed by atoms with Crippen LogP contribution < -0.4 is 10.1 Å². The van der Waals surface area contributed by atoms with E-state index in [2.05, 4.69) is 20.5 Å². The first kappa shape index (κ1) is 20.7. The van der Waals surface area contributed by atoms with Gasteiger partial charge in [-0.25, -0.2) is 4.98 Å². The molecule has 0 radical (unpaired) electrons. The first-order valence-corrected chi connectivity index (χ1v) is 9.76. The number of nitrogens with one attached hydrogen (secondary N) is 1. The van der Waals surface area contributed by atoms with Crippen LogP contribution in [-0.4, -0.2) is 52.7 Å². The van der Waals surface area contributed by atoms with E-state index in [9.17, 15) is 18.0 Å². The van der Waals surface area contributed by atoms with Crippen LogP contribution in [0.1, 0.15) is 31.4 Å². The molecular weight excluding hydrogens is 427 g/mol. The van der Waals surface area contributed by atoms with Gasteiger partial charge in [-0.3, -0.25) is 4.79 Å². The van der Waals surface area contributed by atoms with Crippen molar-refractivity contribution in [3.8, 4) is 17.3 Å². The number of aromatic nitrogens is 3. The maximum absolute atomic E-state index is 13.0. The highest BCUT2D eigenvalue weighted by Gasteiger charge is 2.45. The van der Waals surface area contributed by atoms with E-state index in [-0.39, 0.29) is 35.8 Å². The lowest BCUT2D eigenvalue weighted by molar-refractivity contribution is -0.141. The first-order chi connectivity index (χ1) is 14.2. The summed E-state index contributed by atoms with van der Waals surface area (Å²) in [5.74, 6) is -0.582. The predicted octanol–water partition coefficient (Wildman–Crippen LogP) is 3.63. The summed E-state index contributed by atoms with van der Waals surface area (Å²) in [6, 6.07) is 0.951.